The van der Waals surface area contributed by atoms with E-state index in [1.807, 2.05) is 0 Å². The molecule has 2 aliphatic heterocycles. The number of nitrogens with zero attached hydrogens (tertiary/aromatic N) is 1. The van der Waals surface area contributed by atoms with Crippen LogP contribution in [0.5, 0.6) is 17.2 Å². The maximum atomic E-state index is 13.2. The lowest BCUT2D eigenvalue weighted by atomic mass is 10.0. The van der Waals surface area contributed by atoms with Gasteiger partial charge in [0, 0.05) is 17.3 Å². The first-order valence-corrected chi connectivity index (χ1v) is 9.10. The normalized spacial score (nSPS) is 18.2. The second-order valence-corrected chi connectivity index (χ2v) is 6.71. The molecule has 2 heterocycles. The molecule has 2 aromatic carbocycles. The summed E-state index contributed by atoms with van der Waals surface area (Å²) < 4.78 is 55.7. The standard InChI is InChI=1S/C20H17F3N2O5/c21-20(22,23)11-25-17(26)10-30-14-4-2-1-3-13(14)18(25)19(27)24-12-5-6-15-16(9-12)29-8-7-28-15/h1-6,9,18H,7-8,10-11H2,(H,24,27). The molecule has 0 radical (unpaired) electrons. The summed E-state index contributed by atoms with van der Waals surface area (Å²) in [4.78, 5) is 26.0. The lowest BCUT2D eigenvalue weighted by Crippen LogP contribution is -2.46. The van der Waals surface area contributed by atoms with Gasteiger partial charge in [0.15, 0.2) is 18.1 Å². The van der Waals surface area contributed by atoms with E-state index in [1.165, 1.54) is 18.2 Å². The lowest BCUT2D eigenvalue weighted by Gasteiger charge is -2.30. The van der Waals surface area contributed by atoms with E-state index < -0.39 is 37.2 Å². The first-order valence-electron chi connectivity index (χ1n) is 9.10. The molecule has 1 N–H and O–H groups in total. The summed E-state index contributed by atoms with van der Waals surface area (Å²) in [5.74, 6) is -0.654. The number of halogens is 3. The summed E-state index contributed by atoms with van der Waals surface area (Å²) in [5, 5.41) is 2.58. The Morgan fingerprint density at radius 1 is 1.03 bits per heavy atom. The van der Waals surface area contributed by atoms with Gasteiger partial charge in [-0.05, 0) is 18.2 Å². The lowest BCUT2D eigenvalue weighted by molar-refractivity contribution is -0.168. The number of carbonyl (C=O) groups excluding carboxylic acids is 2. The highest BCUT2D eigenvalue weighted by atomic mass is 19.4. The number of ether oxygens (including phenoxy) is 3. The number of anilines is 1. The van der Waals surface area contributed by atoms with Crippen LogP contribution in [0.25, 0.3) is 0 Å². The molecule has 4 rings (SSSR count). The van der Waals surface area contributed by atoms with Crippen molar-refractivity contribution in [1.82, 2.24) is 4.90 Å². The topological polar surface area (TPSA) is 77.1 Å². The molecule has 0 aromatic heterocycles. The van der Waals surface area contributed by atoms with Gasteiger partial charge in [0.2, 0.25) is 0 Å². The maximum absolute atomic E-state index is 13.2. The van der Waals surface area contributed by atoms with Gasteiger partial charge in [0.25, 0.3) is 11.8 Å². The summed E-state index contributed by atoms with van der Waals surface area (Å²) in [5.41, 5.74) is 0.467. The first kappa shape index (κ1) is 19.9. The fraction of sp³-hybridized carbons (Fsp3) is 0.300. The summed E-state index contributed by atoms with van der Waals surface area (Å²) in [6, 6.07) is 9.27. The largest absolute Gasteiger partial charge is 0.486 e. The van der Waals surface area contributed by atoms with E-state index in [4.69, 9.17) is 14.2 Å². The van der Waals surface area contributed by atoms with Crippen molar-refractivity contribution < 1.29 is 37.0 Å². The first-order chi connectivity index (χ1) is 14.3. The minimum Gasteiger partial charge on any atom is -0.486 e. The van der Waals surface area contributed by atoms with E-state index in [0.29, 0.717) is 35.3 Å². The van der Waals surface area contributed by atoms with Crippen LogP contribution in [0.3, 0.4) is 0 Å². The Morgan fingerprint density at radius 2 is 1.77 bits per heavy atom. The van der Waals surface area contributed by atoms with Crippen molar-refractivity contribution in [3.63, 3.8) is 0 Å². The zero-order valence-electron chi connectivity index (χ0n) is 15.6. The van der Waals surface area contributed by atoms with E-state index in [1.54, 1.807) is 24.3 Å². The zero-order chi connectivity index (χ0) is 21.3. The quantitative estimate of drug-likeness (QED) is 0.823. The van der Waals surface area contributed by atoms with Gasteiger partial charge < -0.3 is 24.4 Å². The Bertz CT molecular complexity index is 979. The molecule has 2 aromatic rings. The van der Waals surface area contributed by atoms with Gasteiger partial charge in [-0.3, -0.25) is 9.59 Å². The highest BCUT2D eigenvalue weighted by molar-refractivity contribution is 5.99. The number of carbonyl (C=O) groups is 2. The summed E-state index contributed by atoms with van der Waals surface area (Å²) in [6.07, 6.45) is -4.69. The fourth-order valence-corrected chi connectivity index (χ4v) is 3.36. The van der Waals surface area contributed by atoms with Gasteiger partial charge in [-0.25, -0.2) is 0 Å². The highest BCUT2D eigenvalue weighted by Crippen LogP contribution is 2.36. The predicted molar refractivity (Wildman–Crippen MR) is 98.5 cm³/mol. The summed E-state index contributed by atoms with van der Waals surface area (Å²) >= 11 is 0. The van der Waals surface area contributed by atoms with Crippen LogP contribution < -0.4 is 19.5 Å². The Kier molecular flexibility index (Phi) is 5.15. The predicted octanol–water partition coefficient (Wildman–Crippen LogP) is 2.92. The van der Waals surface area contributed by atoms with E-state index in [9.17, 15) is 22.8 Å². The van der Waals surface area contributed by atoms with Gasteiger partial charge in [0.05, 0.1) is 0 Å². The molecule has 10 heteroatoms. The van der Waals surface area contributed by atoms with E-state index in [0.717, 1.165) is 0 Å². The molecule has 30 heavy (non-hydrogen) atoms. The number of fused-ring (bicyclic) bond motifs is 2. The van der Waals surface area contributed by atoms with Crippen molar-refractivity contribution in [2.45, 2.75) is 12.2 Å². The number of nitrogens with one attached hydrogen (secondary N) is 1. The molecular weight excluding hydrogens is 405 g/mol. The molecule has 0 saturated carbocycles. The molecule has 0 aliphatic carbocycles. The molecule has 0 spiro atoms. The van der Waals surface area contributed by atoms with Crippen molar-refractivity contribution in [3.05, 3.63) is 48.0 Å². The number of para-hydroxylation sites is 1. The smallest absolute Gasteiger partial charge is 0.406 e. The van der Waals surface area contributed by atoms with Crippen molar-refractivity contribution in [2.24, 2.45) is 0 Å². The molecular formula is C20H17F3N2O5. The van der Waals surface area contributed by atoms with E-state index >= 15 is 0 Å². The SMILES string of the molecule is O=C(Nc1ccc2c(c1)OCCO2)C1c2ccccc2OCC(=O)N1CC(F)(F)F. The molecule has 2 amide bonds. The van der Waals surface area contributed by atoms with E-state index in [2.05, 4.69) is 5.32 Å². The van der Waals surface area contributed by atoms with Crippen LogP contribution in [0.15, 0.2) is 42.5 Å². The number of amides is 2. The molecule has 158 valence electrons. The third-order valence-electron chi connectivity index (χ3n) is 4.60. The summed E-state index contributed by atoms with van der Waals surface area (Å²) in [7, 11) is 0. The Morgan fingerprint density at radius 3 is 2.53 bits per heavy atom. The fourth-order valence-electron chi connectivity index (χ4n) is 3.36. The monoisotopic (exact) mass is 422 g/mol. The Hall–Kier alpha value is -3.43. The molecule has 0 fully saturated rings. The van der Waals surface area contributed by atoms with Gasteiger partial charge >= 0.3 is 6.18 Å². The zero-order valence-corrected chi connectivity index (χ0v) is 15.6. The maximum Gasteiger partial charge on any atom is 0.406 e. The van der Waals surface area contributed by atoms with Crippen LogP contribution in [-0.4, -0.2) is 49.3 Å². The molecule has 0 saturated heterocycles. The van der Waals surface area contributed by atoms with Gasteiger partial charge in [-0.15, -0.1) is 0 Å². The molecule has 1 atom stereocenters. The number of alkyl halides is 3. The van der Waals surface area contributed by atoms with Crippen molar-refractivity contribution in [2.75, 3.05) is 31.7 Å². The number of benzene rings is 2. The average Bonchev–Trinajstić information content (AvgIpc) is 2.84. The third-order valence-corrected chi connectivity index (χ3v) is 4.60. The molecule has 1 unspecified atom stereocenters. The second kappa shape index (κ2) is 7.77. The Balaban J connectivity index is 1.68. The summed E-state index contributed by atoms with van der Waals surface area (Å²) in [6.45, 7) is -1.44. The van der Waals surface area contributed by atoms with Gasteiger partial charge in [0.1, 0.15) is 31.5 Å². The van der Waals surface area contributed by atoms with Crippen LogP contribution in [0.2, 0.25) is 0 Å². The van der Waals surface area contributed by atoms with Crippen LogP contribution in [0.1, 0.15) is 11.6 Å². The minimum absolute atomic E-state index is 0.169. The van der Waals surface area contributed by atoms with Crippen LogP contribution in [0, 0.1) is 0 Å². The molecule has 0 bridgehead atoms. The van der Waals surface area contributed by atoms with Crippen molar-refractivity contribution in [1.29, 1.82) is 0 Å². The minimum atomic E-state index is -4.69. The van der Waals surface area contributed by atoms with Crippen LogP contribution >= 0.6 is 0 Å². The number of hydrogen-bond donors (Lipinski definition) is 1. The third kappa shape index (κ3) is 4.12. The number of rotatable bonds is 3. The van der Waals surface area contributed by atoms with E-state index in [-0.39, 0.29) is 11.3 Å². The van der Waals surface area contributed by atoms with Gasteiger partial charge in [-0.2, -0.15) is 13.2 Å². The van der Waals surface area contributed by atoms with Gasteiger partial charge in [-0.1, -0.05) is 18.2 Å². The second-order valence-electron chi connectivity index (χ2n) is 6.71. The number of hydrogen-bond acceptors (Lipinski definition) is 5. The van der Waals surface area contributed by atoms with Crippen LogP contribution in [-0.2, 0) is 9.59 Å². The average molecular weight is 422 g/mol. The van der Waals surface area contributed by atoms with Crippen molar-refractivity contribution in [3.8, 4) is 17.2 Å². The highest BCUT2D eigenvalue weighted by Gasteiger charge is 2.42. The Labute approximate surface area is 169 Å². The van der Waals surface area contributed by atoms with Crippen LogP contribution in [0.4, 0.5) is 18.9 Å². The van der Waals surface area contributed by atoms with Crippen molar-refractivity contribution >= 4 is 17.5 Å². The molecule has 7 nitrogen and oxygen atoms in total. The molecule has 2 aliphatic rings.